The van der Waals surface area contributed by atoms with Crippen molar-refractivity contribution >= 4 is 5.69 Å². The summed E-state index contributed by atoms with van der Waals surface area (Å²) in [4.78, 5) is 0. The maximum absolute atomic E-state index is 13.1. The summed E-state index contributed by atoms with van der Waals surface area (Å²) in [7, 11) is 0. The van der Waals surface area contributed by atoms with Crippen molar-refractivity contribution in [2.45, 2.75) is 0 Å². The standard InChI is InChI=1S/C13H9FN2/c14-10-4-1-3-9(7-10)11-5-2-6-13(16)12(11)8-15/h1-7H,16H2. The van der Waals surface area contributed by atoms with Gasteiger partial charge in [-0.25, -0.2) is 4.39 Å². The summed E-state index contributed by atoms with van der Waals surface area (Å²) in [6.07, 6.45) is 0. The zero-order chi connectivity index (χ0) is 11.5. The van der Waals surface area contributed by atoms with E-state index >= 15 is 0 Å². The third-order valence-corrected chi connectivity index (χ3v) is 2.34. The molecule has 2 nitrogen and oxygen atoms in total. The molecule has 0 spiro atoms. The van der Waals surface area contributed by atoms with Gasteiger partial charge in [0.2, 0.25) is 0 Å². The van der Waals surface area contributed by atoms with Crippen LogP contribution in [0.25, 0.3) is 11.1 Å². The number of anilines is 1. The van der Waals surface area contributed by atoms with Crippen LogP contribution >= 0.6 is 0 Å². The Bertz CT molecular complexity index is 570. The van der Waals surface area contributed by atoms with Crippen molar-refractivity contribution in [3.05, 3.63) is 53.8 Å². The Balaban J connectivity index is 2.66. The van der Waals surface area contributed by atoms with Gasteiger partial charge in [0.05, 0.1) is 11.3 Å². The largest absolute Gasteiger partial charge is 0.398 e. The molecule has 0 bridgehead atoms. The lowest BCUT2D eigenvalue weighted by atomic mass is 9.99. The molecular formula is C13H9FN2. The minimum Gasteiger partial charge on any atom is -0.398 e. The average molecular weight is 212 g/mol. The summed E-state index contributed by atoms with van der Waals surface area (Å²) in [6, 6.07) is 13.3. The molecule has 0 aliphatic carbocycles. The van der Waals surface area contributed by atoms with E-state index in [-0.39, 0.29) is 5.82 Å². The van der Waals surface area contributed by atoms with Crippen molar-refractivity contribution in [2.24, 2.45) is 0 Å². The maximum Gasteiger partial charge on any atom is 0.123 e. The first-order valence-electron chi connectivity index (χ1n) is 4.77. The maximum atomic E-state index is 13.1. The van der Waals surface area contributed by atoms with Crippen molar-refractivity contribution in [1.29, 1.82) is 5.26 Å². The minimum absolute atomic E-state index is 0.330. The lowest BCUT2D eigenvalue weighted by Crippen LogP contribution is -1.93. The van der Waals surface area contributed by atoms with Crippen LogP contribution in [0.1, 0.15) is 5.56 Å². The van der Waals surface area contributed by atoms with Gasteiger partial charge >= 0.3 is 0 Å². The monoisotopic (exact) mass is 212 g/mol. The summed E-state index contributed by atoms with van der Waals surface area (Å²) in [5, 5.41) is 9.01. The van der Waals surface area contributed by atoms with E-state index < -0.39 is 0 Å². The number of nitrogens with two attached hydrogens (primary N) is 1. The fraction of sp³-hybridized carbons (Fsp3) is 0. The van der Waals surface area contributed by atoms with E-state index in [9.17, 15) is 4.39 Å². The molecule has 0 amide bonds. The van der Waals surface area contributed by atoms with Gasteiger partial charge in [-0.05, 0) is 23.8 Å². The summed E-state index contributed by atoms with van der Waals surface area (Å²) in [5.41, 5.74) is 7.79. The minimum atomic E-state index is -0.330. The van der Waals surface area contributed by atoms with E-state index in [1.165, 1.54) is 12.1 Å². The first-order valence-corrected chi connectivity index (χ1v) is 4.77. The van der Waals surface area contributed by atoms with Crippen LogP contribution in [0.4, 0.5) is 10.1 Å². The van der Waals surface area contributed by atoms with Crippen molar-refractivity contribution in [1.82, 2.24) is 0 Å². The SMILES string of the molecule is N#Cc1c(N)cccc1-c1cccc(F)c1. The molecule has 0 atom stereocenters. The highest BCUT2D eigenvalue weighted by atomic mass is 19.1. The van der Waals surface area contributed by atoms with Crippen LogP contribution in [0.2, 0.25) is 0 Å². The van der Waals surface area contributed by atoms with Crippen LogP contribution in [0.15, 0.2) is 42.5 Å². The molecule has 2 aromatic carbocycles. The second-order valence-corrected chi connectivity index (χ2v) is 3.39. The number of nitrogens with zero attached hydrogens (tertiary/aromatic N) is 1. The van der Waals surface area contributed by atoms with Crippen LogP contribution in [0.3, 0.4) is 0 Å². The number of hydrogen-bond donors (Lipinski definition) is 1. The molecule has 2 aromatic rings. The lowest BCUT2D eigenvalue weighted by molar-refractivity contribution is 0.628. The van der Waals surface area contributed by atoms with Gasteiger partial charge in [0.1, 0.15) is 11.9 Å². The number of rotatable bonds is 1. The van der Waals surface area contributed by atoms with Crippen LogP contribution in [-0.4, -0.2) is 0 Å². The topological polar surface area (TPSA) is 49.8 Å². The molecule has 0 heterocycles. The molecule has 0 fully saturated rings. The second-order valence-electron chi connectivity index (χ2n) is 3.39. The van der Waals surface area contributed by atoms with Crippen LogP contribution in [-0.2, 0) is 0 Å². The van der Waals surface area contributed by atoms with Gasteiger partial charge in [0, 0.05) is 5.56 Å². The van der Waals surface area contributed by atoms with Gasteiger partial charge in [0.25, 0.3) is 0 Å². The van der Waals surface area contributed by atoms with Crippen LogP contribution in [0.5, 0.6) is 0 Å². The molecule has 16 heavy (non-hydrogen) atoms. The Morgan fingerprint density at radius 3 is 2.56 bits per heavy atom. The predicted octanol–water partition coefficient (Wildman–Crippen LogP) is 2.95. The number of nitrogen functional groups attached to an aromatic ring is 1. The summed E-state index contributed by atoms with van der Waals surface area (Å²) in [5.74, 6) is -0.330. The summed E-state index contributed by atoms with van der Waals surface area (Å²) < 4.78 is 13.1. The first-order chi connectivity index (χ1) is 7.72. The first kappa shape index (κ1) is 10.2. The van der Waals surface area contributed by atoms with Gasteiger partial charge in [-0.3, -0.25) is 0 Å². The third kappa shape index (κ3) is 1.73. The van der Waals surface area contributed by atoms with Crippen LogP contribution < -0.4 is 5.73 Å². The number of halogens is 1. The second kappa shape index (κ2) is 4.03. The van der Waals surface area contributed by atoms with E-state index in [1.807, 2.05) is 6.07 Å². The number of benzene rings is 2. The van der Waals surface area contributed by atoms with E-state index in [0.29, 0.717) is 22.4 Å². The lowest BCUT2D eigenvalue weighted by Gasteiger charge is -2.06. The molecule has 0 aliphatic heterocycles. The number of nitriles is 1. The molecule has 78 valence electrons. The molecule has 2 N–H and O–H groups in total. The van der Waals surface area contributed by atoms with E-state index in [1.54, 1.807) is 30.3 Å². The highest BCUT2D eigenvalue weighted by Crippen LogP contribution is 2.27. The molecular weight excluding hydrogens is 203 g/mol. The quantitative estimate of drug-likeness (QED) is 0.739. The Labute approximate surface area is 92.8 Å². The van der Waals surface area contributed by atoms with Crippen LogP contribution in [0, 0.1) is 17.1 Å². The molecule has 3 heteroatoms. The van der Waals surface area contributed by atoms with E-state index in [4.69, 9.17) is 11.0 Å². The fourth-order valence-electron chi connectivity index (χ4n) is 1.59. The smallest absolute Gasteiger partial charge is 0.123 e. The molecule has 0 unspecified atom stereocenters. The molecule has 0 saturated heterocycles. The van der Waals surface area contributed by atoms with Crippen molar-refractivity contribution in [2.75, 3.05) is 5.73 Å². The van der Waals surface area contributed by atoms with E-state index in [0.717, 1.165) is 0 Å². The summed E-state index contributed by atoms with van der Waals surface area (Å²) in [6.45, 7) is 0. The van der Waals surface area contributed by atoms with Gasteiger partial charge in [-0.2, -0.15) is 5.26 Å². The summed E-state index contributed by atoms with van der Waals surface area (Å²) >= 11 is 0. The predicted molar refractivity (Wildman–Crippen MR) is 61.0 cm³/mol. The normalized spacial score (nSPS) is 9.75. The molecule has 0 saturated carbocycles. The Morgan fingerprint density at radius 1 is 1.12 bits per heavy atom. The molecule has 2 rings (SSSR count). The number of hydrogen-bond acceptors (Lipinski definition) is 2. The van der Waals surface area contributed by atoms with Gasteiger partial charge < -0.3 is 5.73 Å². The zero-order valence-electron chi connectivity index (χ0n) is 8.44. The molecule has 0 aromatic heterocycles. The highest BCUT2D eigenvalue weighted by molar-refractivity contribution is 5.76. The zero-order valence-corrected chi connectivity index (χ0v) is 8.44. The Morgan fingerprint density at radius 2 is 1.88 bits per heavy atom. The molecule has 0 aliphatic rings. The average Bonchev–Trinajstić information content (AvgIpc) is 2.28. The Kier molecular flexibility index (Phi) is 2.57. The molecule has 0 radical (unpaired) electrons. The van der Waals surface area contributed by atoms with Gasteiger partial charge in [0.15, 0.2) is 0 Å². The van der Waals surface area contributed by atoms with Crippen molar-refractivity contribution in [3.8, 4) is 17.2 Å². The van der Waals surface area contributed by atoms with Crippen molar-refractivity contribution in [3.63, 3.8) is 0 Å². The van der Waals surface area contributed by atoms with Gasteiger partial charge in [-0.1, -0.05) is 24.3 Å². The van der Waals surface area contributed by atoms with Crippen molar-refractivity contribution < 1.29 is 4.39 Å². The highest BCUT2D eigenvalue weighted by Gasteiger charge is 2.07. The fourth-order valence-corrected chi connectivity index (χ4v) is 1.59. The Hall–Kier alpha value is -2.34. The van der Waals surface area contributed by atoms with Gasteiger partial charge in [-0.15, -0.1) is 0 Å². The van der Waals surface area contributed by atoms with E-state index in [2.05, 4.69) is 0 Å². The third-order valence-electron chi connectivity index (χ3n) is 2.34.